The lowest BCUT2D eigenvalue weighted by Crippen LogP contribution is -2.19. The van der Waals surface area contributed by atoms with Crippen LogP contribution in [0.3, 0.4) is 0 Å². The normalized spacial score (nSPS) is 11.0. The fourth-order valence-electron chi connectivity index (χ4n) is 1.12. The molecule has 0 radical (unpaired) electrons. The molecule has 2 aromatic heterocycles. The van der Waals surface area contributed by atoms with Gasteiger partial charge in [-0.15, -0.1) is 21.5 Å². The summed E-state index contributed by atoms with van der Waals surface area (Å²) >= 11 is 4.12. The maximum atomic E-state index is 11.5. The molecule has 0 unspecified atom stereocenters. The second-order valence-electron chi connectivity index (χ2n) is 3.46. The molecular weight excluding hydrogens is 302 g/mol. The number of nitrogens with two attached hydrogens (primary N) is 1. The van der Waals surface area contributed by atoms with Gasteiger partial charge in [0, 0.05) is 4.88 Å². The molecule has 0 saturated carbocycles. The number of nitrogen functional groups attached to an aromatic ring is 1. The Morgan fingerprint density at radius 2 is 2.47 bits per heavy atom. The predicted molar refractivity (Wildman–Crippen MR) is 79.8 cm³/mol. The Kier molecular flexibility index (Phi) is 4.88. The molecule has 0 saturated heterocycles. The van der Waals surface area contributed by atoms with E-state index < -0.39 is 0 Å². The molecule has 19 heavy (non-hydrogen) atoms. The van der Waals surface area contributed by atoms with Crippen LogP contribution in [0.2, 0.25) is 0 Å². The number of amides is 1. The van der Waals surface area contributed by atoms with Crippen LogP contribution >= 0.6 is 34.4 Å². The second kappa shape index (κ2) is 6.64. The van der Waals surface area contributed by atoms with Gasteiger partial charge in [0.25, 0.3) is 5.91 Å². The second-order valence-corrected chi connectivity index (χ2v) is 6.64. The van der Waals surface area contributed by atoms with Crippen molar-refractivity contribution >= 4 is 51.7 Å². The number of aromatic nitrogens is 2. The van der Waals surface area contributed by atoms with Crippen molar-refractivity contribution in [3.05, 3.63) is 21.9 Å². The van der Waals surface area contributed by atoms with E-state index in [9.17, 15) is 4.79 Å². The summed E-state index contributed by atoms with van der Waals surface area (Å²) in [6.45, 7) is 2.00. The number of nitrogens with zero attached hydrogens (tertiary/aromatic N) is 3. The molecule has 0 aliphatic heterocycles. The summed E-state index contributed by atoms with van der Waals surface area (Å²) in [4.78, 5) is 12.6. The Hall–Kier alpha value is -1.45. The average molecular weight is 313 g/mol. The number of rotatable bonds is 5. The number of carbonyl (C=O) groups is 1. The van der Waals surface area contributed by atoms with E-state index >= 15 is 0 Å². The molecule has 9 heteroatoms. The first-order valence-corrected chi connectivity index (χ1v) is 7.91. The monoisotopic (exact) mass is 313 g/mol. The summed E-state index contributed by atoms with van der Waals surface area (Å²) in [5, 5.41) is 13.8. The minimum Gasteiger partial charge on any atom is -0.374 e. The Morgan fingerprint density at radius 1 is 1.63 bits per heavy atom. The zero-order valence-corrected chi connectivity index (χ0v) is 12.4. The quantitative estimate of drug-likeness (QED) is 0.498. The largest absolute Gasteiger partial charge is 0.374 e. The zero-order chi connectivity index (χ0) is 13.7. The third-order valence-corrected chi connectivity index (χ3v) is 4.86. The van der Waals surface area contributed by atoms with E-state index in [2.05, 4.69) is 20.7 Å². The van der Waals surface area contributed by atoms with Gasteiger partial charge >= 0.3 is 0 Å². The molecule has 2 heterocycles. The summed E-state index contributed by atoms with van der Waals surface area (Å²) in [6.07, 6.45) is 1.64. The standard InChI is InChI=1S/C10H11N5OS3/c1-6-2-3-17-7(6)4-12-13-8(16)5-18-10-15-14-9(11)19-10/h2-4H,5H2,1H3,(H2,11,14)(H,13,16)/b12-4+. The Bertz CT molecular complexity index is 592. The van der Waals surface area contributed by atoms with Crippen LogP contribution in [0.25, 0.3) is 0 Å². The lowest BCUT2D eigenvalue weighted by molar-refractivity contribution is -0.118. The highest BCUT2D eigenvalue weighted by molar-refractivity contribution is 8.01. The summed E-state index contributed by atoms with van der Waals surface area (Å²) in [6, 6.07) is 2.00. The molecule has 6 nitrogen and oxygen atoms in total. The topological polar surface area (TPSA) is 93.3 Å². The van der Waals surface area contributed by atoms with Crippen LogP contribution in [-0.2, 0) is 4.79 Å². The van der Waals surface area contributed by atoms with E-state index in [-0.39, 0.29) is 11.7 Å². The van der Waals surface area contributed by atoms with Crippen molar-refractivity contribution in [1.29, 1.82) is 0 Å². The first-order chi connectivity index (χ1) is 9.15. The highest BCUT2D eigenvalue weighted by Crippen LogP contribution is 2.22. The number of nitrogens with one attached hydrogen (secondary N) is 1. The third-order valence-electron chi connectivity index (χ3n) is 2.02. The van der Waals surface area contributed by atoms with Gasteiger partial charge in [0.15, 0.2) is 4.34 Å². The maximum absolute atomic E-state index is 11.5. The van der Waals surface area contributed by atoms with Gasteiger partial charge in [0.2, 0.25) is 5.13 Å². The van der Waals surface area contributed by atoms with Crippen LogP contribution in [-0.4, -0.2) is 28.1 Å². The number of thiophene rings is 1. The molecule has 0 bridgehead atoms. The van der Waals surface area contributed by atoms with Crippen LogP contribution in [0.15, 0.2) is 20.9 Å². The van der Waals surface area contributed by atoms with E-state index in [1.807, 2.05) is 18.4 Å². The smallest absolute Gasteiger partial charge is 0.250 e. The number of hydrogen-bond donors (Lipinski definition) is 2. The summed E-state index contributed by atoms with van der Waals surface area (Å²) in [7, 11) is 0. The number of carbonyl (C=O) groups excluding carboxylic acids is 1. The summed E-state index contributed by atoms with van der Waals surface area (Å²) in [5.41, 5.74) is 9.05. The van der Waals surface area contributed by atoms with E-state index in [1.54, 1.807) is 17.6 Å². The fourth-order valence-corrected chi connectivity index (χ4v) is 3.33. The molecule has 0 aromatic carbocycles. The maximum Gasteiger partial charge on any atom is 0.250 e. The molecule has 0 aliphatic carbocycles. The van der Waals surface area contributed by atoms with E-state index in [1.165, 1.54) is 23.1 Å². The summed E-state index contributed by atoms with van der Waals surface area (Å²) in [5.74, 6) is 0.0410. The molecule has 0 aliphatic rings. The number of hydrogen-bond acceptors (Lipinski definition) is 8. The van der Waals surface area contributed by atoms with Crippen molar-refractivity contribution in [1.82, 2.24) is 15.6 Å². The third kappa shape index (κ3) is 4.30. The van der Waals surface area contributed by atoms with Crippen LogP contribution in [0.1, 0.15) is 10.4 Å². The SMILES string of the molecule is Cc1ccsc1/C=N/NC(=O)CSc1nnc(N)s1. The first-order valence-electron chi connectivity index (χ1n) is 5.23. The molecule has 0 atom stereocenters. The molecule has 2 rings (SSSR count). The highest BCUT2D eigenvalue weighted by atomic mass is 32.2. The van der Waals surface area contributed by atoms with Crippen molar-refractivity contribution in [3.8, 4) is 0 Å². The van der Waals surface area contributed by atoms with Gasteiger partial charge < -0.3 is 5.73 Å². The molecule has 0 spiro atoms. The van der Waals surface area contributed by atoms with Gasteiger partial charge in [-0.05, 0) is 23.9 Å². The molecule has 1 amide bonds. The lowest BCUT2D eigenvalue weighted by Gasteiger charge is -1.96. The van der Waals surface area contributed by atoms with Gasteiger partial charge in [-0.25, -0.2) is 5.43 Å². The fraction of sp³-hybridized carbons (Fsp3) is 0.200. The minimum absolute atomic E-state index is 0.191. The summed E-state index contributed by atoms with van der Waals surface area (Å²) < 4.78 is 0.672. The van der Waals surface area contributed by atoms with Crippen LogP contribution in [0, 0.1) is 6.92 Å². The van der Waals surface area contributed by atoms with Gasteiger partial charge in [-0.3, -0.25) is 4.79 Å². The number of thioether (sulfide) groups is 1. The van der Waals surface area contributed by atoms with Crippen molar-refractivity contribution in [2.45, 2.75) is 11.3 Å². The van der Waals surface area contributed by atoms with Crippen molar-refractivity contribution in [2.75, 3.05) is 11.5 Å². The van der Waals surface area contributed by atoms with Crippen LogP contribution in [0.4, 0.5) is 5.13 Å². The molecular formula is C10H11N5OS3. The van der Waals surface area contributed by atoms with Gasteiger partial charge in [-0.2, -0.15) is 5.10 Å². The minimum atomic E-state index is -0.191. The Morgan fingerprint density at radius 3 is 3.11 bits per heavy atom. The number of aryl methyl sites for hydroxylation is 1. The molecule has 3 N–H and O–H groups in total. The van der Waals surface area contributed by atoms with E-state index in [0.717, 1.165) is 10.4 Å². The van der Waals surface area contributed by atoms with Gasteiger partial charge in [-0.1, -0.05) is 23.1 Å². The molecule has 2 aromatic rings. The van der Waals surface area contributed by atoms with Crippen molar-refractivity contribution in [3.63, 3.8) is 0 Å². The Labute approximate surface area is 122 Å². The number of anilines is 1. The first kappa shape index (κ1) is 14.0. The van der Waals surface area contributed by atoms with E-state index in [0.29, 0.717) is 9.47 Å². The van der Waals surface area contributed by atoms with Gasteiger partial charge in [0.05, 0.1) is 12.0 Å². The van der Waals surface area contributed by atoms with Crippen molar-refractivity contribution < 1.29 is 4.79 Å². The highest BCUT2D eigenvalue weighted by Gasteiger charge is 2.05. The number of hydrazone groups is 1. The zero-order valence-electron chi connectivity index (χ0n) is 9.99. The van der Waals surface area contributed by atoms with Gasteiger partial charge in [0.1, 0.15) is 0 Å². The molecule has 0 fully saturated rings. The molecule has 100 valence electrons. The Balaban J connectivity index is 1.76. The average Bonchev–Trinajstić information content (AvgIpc) is 2.96. The van der Waals surface area contributed by atoms with Crippen LogP contribution in [0.5, 0.6) is 0 Å². The van der Waals surface area contributed by atoms with E-state index in [4.69, 9.17) is 5.73 Å². The lowest BCUT2D eigenvalue weighted by atomic mass is 10.3. The van der Waals surface area contributed by atoms with Crippen molar-refractivity contribution in [2.24, 2.45) is 5.10 Å². The predicted octanol–water partition coefficient (Wildman–Crippen LogP) is 1.73. The van der Waals surface area contributed by atoms with Crippen LogP contribution < -0.4 is 11.2 Å².